The molecular formula is C15H20ClN3. The van der Waals surface area contributed by atoms with Gasteiger partial charge in [-0.2, -0.15) is 0 Å². The third kappa shape index (κ3) is 2.32. The Morgan fingerprint density at radius 2 is 2.05 bits per heavy atom. The maximum atomic E-state index is 6.16. The number of anilines is 1. The zero-order valence-corrected chi connectivity index (χ0v) is 12.0. The largest absolute Gasteiger partial charge is 0.369 e. The predicted molar refractivity (Wildman–Crippen MR) is 80.4 cm³/mol. The molecule has 2 unspecified atom stereocenters. The molecule has 3 rings (SSSR count). The van der Waals surface area contributed by atoms with Gasteiger partial charge in [0.15, 0.2) is 0 Å². The van der Waals surface area contributed by atoms with Gasteiger partial charge < -0.3 is 10.3 Å². The topological polar surface area (TPSA) is 43.8 Å². The highest BCUT2D eigenvalue weighted by Gasteiger charge is 2.25. The Bertz CT molecular complexity index is 590. The molecule has 0 radical (unpaired) electrons. The molecule has 1 aromatic carbocycles. The molecule has 102 valence electrons. The van der Waals surface area contributed by atoms with Crippen LogP contribution in [0.2, 0.25) is 5.02 Å². The van der Waals surface area contributed by atoms with E-state index >= 15 is 0 Å². The third-order valence-electron chi connectivity index (χ3n) is 4.33. The van der Waals surface area contributed by atoms with E-state index < -0.39 is 0 Å². The van der Waals surface area contributed by atoms with Crippen LogP contribution in [0, 0.1) is 5.92 Å². The van der Waals surface area contributed by atoms with Crippen LogP contribution < -0.4 is 5.73 Å². The second-order valence-electron chi connectivity index (χ2n) is 5.66. The first-order valence-electron chi connectivity index (χ1n) is 7.10. The Labute approximate surface area is 118 Å². The number of fused-ring (bicyclic) bond motifs is 1. The molecule has 1 aliphatic carbocycles. The van der Waals surface area contributed by atoms with E-state index in [1.807, 2.05) is 18.2 Å². The van der Waals surface area contributed by atoms with E-state index in [-0.39, 0.29) is 0 Å². The minimum absolute atomic E-state index is 0.466. The number of nitrogen functional groups attached to an aromatic ring is 1. The van der Waals surface area contributed by atoms with Gasteiger partial charge >= 0.3 is 0 Å². The first kappa shape index (κ1) is 12.8. The number of benzene rings is 1. The van der Waals surface area contributed by atoms with Crippen LogP contribution in [-0.2, 0) is 0 Å². The minimum Gasteiger partial charge on any atom is -0.369 e. The Kier molecular flexibility index (Phi) is 3.40. The highest BCUT2D eigenvalue weighted by Crippen LogP contribution is 2.36. The molecule has 0 bridgehead atoms. The van der Waals surface area contributed by atoms with Crippen molar-refractivity contribution in [2.24, 2.45) is 5.92 Å². The lowest BCUT2D eigenvalue weighted by Gasteiger charge is -2.24. The lowest BCUT2D eigenvalue weighted by Crippen LogP contribution is -2.18. The molecule has 3 nitrogen and oxygen atoms in total. The number of aromatic nitrogens is 2. The van der Waals surface area contributed by atoms with Gasteiger partial charge in [-0.25, -0.2) is 4.98 Å². The Morgan fingerprint density at radius 1 is 1.26 bits per heavy atom. The first-order valence-corrected chi connectivity index (χ1v) is 7.47. The highest BCUT2D eigenvalue weighted by molar-refractivity contribution is 6.31. The van der Waals surface area contributed by atoms with Crippen LogP contribution in [0.25, 0.3) is 11.0 Å². The molecule has 1 saturated carbocycles. The molecule has 0 aliphatic heterocycles. The van der Waals surface area contributed by atoms with Crippen LogP contribution >= 0.6 is 11.6 Å². The van der Waals surface area contributed by atoms with Crippen molar-refractivity contribution in [2.75, 3.05) is 5.73 Å². The van der Waals surface area contributed by atoms with Gasteiger partial charge in [-0.05, 0) is 37.0 Å². The van der Waals surface area contributed by atoms with Crippen molar-refractivity contribution < 1.29 is 0 Å². The predicted octanol–water partition coefficient (Wildman–Crippen LogP) is 4.41. The molecule has 0 spiro atoms. The fraction of sp³-hybridized carbons (Fsp3) is 0.533. The van der Waals surface area contributed by atoms with E-state index in [0.717, 1.165) is 11.0 Å². The zero-order valence-electron chi connectivity index (χ0n) is 11.3. The van der Waals surface area contributed by atoms with Gasteiger partial charge in [0, 0.05) is 11.1 Å². The van der Waals surface area contributed by atoms with Crippen LogP contribution in [0.15, 0.2) is 18.2 Å². The van der Waals surface area contributed by atoms with E-state index in [4.69, 9.17) is 17.3 Å². The molecule has 19 heavy (non-hydrogen) atoms. The molecule has 1 fully saturated rings. The van der Waals surface area contributed by atoms with Crippen molar-refractivity contribution in [2.45, 2.75) is 45.1 Å². The molecule has 0 amide bonds. The zero-order chi connectivity index (χ0) is 13.4. The number of hydrogen-bond donors (Lipinski definition) is 1. The minimum atomic E-state index is 0.466. The number of nitrogens with two attached hydrogens (primary N) is 1. The lowest BCUT2D eigenvalue weighted by molar-refractivity contribution is 0.344. The number of nitrogens with zero attached hydrogens (tertiary/aromatic N) is 2. The third-order valence-corrected chi connectivity index (χ3v) is 4.56. The number of hydrogen-bond acceptors (Lipinski definition) is 2. The average Bonchev–Trinajstić information content (AvgIpc) is 2.54. The summed E-state index contributed by atoms with van der Waals surface area (Å²) < 4.78 is 2.22. The molecule has 0 saturated heterocycles. The standard InChI is InChI=1S/C15H20ClN3/c1-10-5-3-2-4-6-13(10)19-14-8-7-11(16)9-12(14)18-15(19)17/h7-10,13H,2-6H2,1H3,(H2,17,18). The molecule has 2 aromatic rings. The summed E-state index contributed by atoms with van der Waals surface area (Å²) in [6, 6.07) is 6.32. The molecule has 4 heteroatoms. The molecule has 1 aromatic heterocycles. The second-order valence-corrected chi connectivity index (χ2v) is 6.09. The quantitative estimate of drug-likeness (QED) is 0.785. The summed E-state index contributed by atoms with van der Waals surface area (Å²) in [6.45, 7) is 2.33. The summed E-state index contributed by atoms with van der Waals surface area (Å²) >= 11 is 6.03. The molecule has 1 aliphatic rings. The van der Waals surface area contributed by atoms with Gasteiger partial charge in [-0.1, -0.05) is 37.8 Å². The highest BCUT2D eigenvalue weighted by atomic mass is 35.5. The van der Waals surface area contributed by atoms with E-state index in [9.17, 15) is 0 Å². The fourth-order valence-corrected chi connectivity index (χ4v) is 3.46. The van der Waals surface area contributed by atoms with Gasteiger partial charge in [0.1, 0.15) is 0 Å². The number of imidazole rings is 1. The summed E-state index contributed by atoms with van der Waals surface area (Å²) in [5.74, 6) is 1.27. The fourth-order valence-electron chi connectivity index (χ4n) is 3.30. The first-order chi connectivity index (χ1) is 9.16. The molecule has 2 atom stereocenters. The van der Waals surface area contributed by atoms with Gasteiger partial charge in [-0.3, -0.25) is 0 Å². The van der Waals surface area contributed by atoms with Crippen molar-refractivity contribution >= 4 is 28.6 Å². The van der Waals surface area contributed by atoms with Gasteiger partial charge in [0.25, 0.3) is 0 Å². The van der Waals surface area contributed by atoms with E-state index in [1.165, 1.54) is 32.1 Å². The summed E-state index contributed by atoms with van der Waals surface area (Å²) in [4.78, 5) is 4.47. The summed E-state index contributed by atoms with van der Waals surface area (Å²) in [5, 5.41) is 0.714. The Balaban J connectivity index is 2.10. The molecular weight excluding hydrogens is 258 g/mol. The maximum Gasteiger partial charge on any atom is 0.201 e. The van der Waals surface area contributed by atoms with Crippen LogP contribution in [0.1, 0.15) is 45.1 Å². The summed E-state index contributed by atoms with van der Waals surface area (Å²) in [6.07, 6.45) is 6.41. The van der Waals surface area contributed by atoms with Crippen LogP contribution in [0.5, 0.6) is 0 Å². The van der Waals surface area contributed by atoms with Crippen molar-refractivity contribution in [3.63, 3.8) is 0 Å². The van der Waals surface area contributed by atoms with Gasteiger partial charge in [0.05, 0.1) is 11.0 Å². The van der Waals surface area contributed by atoms with Crippen molar-refractivity contribution in [1.29, 1.82) is 0 Å². The van der Waals surface area contributed by atoms with Crippen molar-refractivity contribution in [3.05, 3.63) is 23.2 Å². The van der Waals surface area contributed by atoms with Crippen LogP contribution in [0.4, 0.5) is 5.95 Å². The van der Waals surface area contributed by atoms with Gasteiger partial charge in [0.2, 0.25) is 5.95 Å². The Morgan fingerprint density at radius 3 is 2.89 bits per heavy atom. The van der Waals surface area contributed by atoms with Crippen LogP contribution in [-0.4, -0.2) is 9.55 Å². The normalized spacial score (nSPS) is 24.5. The van der Waals surface area contributed by atoms with Gasteiger partial charge in [-0.15, -0.1) is 0 Å². The van der Waals surface area contributed by atoms with E-state index in [0.29, 0.717) is 22.9 Å². The SMILES string of the molecule is CC1CCCCCC1n1c(N)nc2cc(Cl)ccc21. The van der Waals surface area contributed by atoms with Crippen molar-refractivity contribution in [3.8, 4) is 0 Å². The lowest BCUT2D eigenvalue weighted by atomic mass is 9.96. The van der Waals surface area contributed by atoms with Crippen molar-refractivity contribution in [1.82, 2.24) is 9.55 Å². The average molecular weight is 278 g/mol. The summed E-state index contributed by atoms with van der Waals surface area (Å²) in [5.41, 5.74) is 8.17. The van der Waals surface area contributed by atoms with E-state index in [1.54, 1.807) is 0 Å². The second kappa shape index (κ2) is 5.04. The number of halogens is 1. The smallest absolute Gasteiger partial charge is 0.201 e. The molecule has 1 heterocycles. The maximum absolute atomic E-state index is 6.16. The van der Waals surface area contributed by atoms with Crippen LogP contribution in [0.3, 0.4) is 0 Å². The summed E-state index contributed by atoms with van der Waals surface area (Å²) in [7, 11) is 0. The Hall–Kier alpha value is -1.22. The molecule has 2 N–H and O–H groups in total. The number of rotatable bonds is 1. The monoisotopic (exact) mass is 277 g/mol. The van der Waals surface area contributed by atoms with E-state index in [2.05, 4.69) is 16.5 Å².